The van der Waals surface area contributed by atoms with Gasteiger partial charge >= 0.3 is 0 Å². The van der Waals surface area contributed by atoms with Gasteiger partial charge in [0.1, 0.15) is 0 Å². The molecule has 18 heavy (non-hydrogen) atoms. The van der Waals surface area contributed by atoms with Crippen molar-refractivity contribution in [2.24, 2.45) is 0 Å². The first kappa shape index (κ1) is 13.2. The van der Waals surface area contributed by atoms with Crippen LogP contribution in [0.15, 0.2) is 28.7 Å². The minimum absolute atomic E-state index is 0.0670. The molecule has 0 bridgehead atoms. The number of tetrazole rings is 1. The van der Waals surface area contributed by atoms with Gasteiger partial charge in [0.25, 0.3) is 0 Å². The van der Waals surface area contributed by atoms with Crippen LogP contribution in [0.3, 0.4) is 0 Å². The predicted octanol–water partition coefficient (Wildman–Crippen LogP) is 2.76. The smallest absolute Gasteiger partial charge is 0.191 e. The van der Waals surface area contributed by atoms with Crippen molar-refractivity contribution in [2.75, 3.05) is 0 Å². The van der Waals surface area contributed by atoms with Gasteiger partial charge in [0.05, 0.1) is 6.04 Å². The van der Waals surface area contributed by atoms with E-state index in [0.717, 1.165) is 10.9 Å². The molecule has 0 saturated heterocycles. The Labute approximate surface area is 115 Å². The summed E-state index contributed by atoms with van der Waals surface area (Å²) in [6.45, 7) is 4.19. The summed E-state index contributed by atoms with van der Waals surface area (Å²) in [5.74, 6) is 0.686. The lowest BCUT2D eigenvalue weighted by Gasteiger charge is -2.20. The third-order valence-electron chi connectivity index (χ3n) is 2.88. The maximum Gasteiger partial charge on any atom is 0.191 e. The van der Waals surface area contributed by atoms with E-state index in [1.807, 2.05) is 6.92 Å². The Morgan fingerprint density at radius 2 is 2.06 bits per heavy atom. The molecule has 2 unspecified atom stereocenters. The van der Waals surface area contributed by atoms with Gasteiger partial charge < -0.3 is 5.32 Å². The summed E-state index contributed by atoms with van der Waals surface area (Å²) in [5.41, 5.74) is 1.26. The van der Waals surface area contributed by atoms with E-state index in [-0.39, 0.29) is 12.1 Å². The van der Waals surface area contributed by atoms with Gasteiger partial charge in [0, 0.05) is 10.5 Å². The number of aromatic nitrogens is 4. The van der Waals surface area contributed by atoms with E-state index in [1.165, 1.54) is 5.56 Å². The number of benzene rings is 1. The first-order valence-electron chi connectivity index (χ1n) is 5.95. The largest absolute Gasteiger partial charge is 0.300 e. The Morgan fingerprint density at radius 3 is 2.61 bits per heavy atom. The lowest BCUT2D eigenvalue weighted by molar-refractivity contribution is 0.442. The highest BCUT2D eigenvalue weighted by molar-refractivity contribution is 9.10. The summed E-state index contributed by atoms with van der Waals surface area (Å²) >= 11 is 3.45. The molecule has 0 saturated carbocycles. The zero-order chi connectivity index (χ0) is 13.0. The van der Waals surface area contributed by atoms with Crippen LogP contribution in [0.4, 0.5) is 0 Å². The summed E-state index contributed by atoms with van der Waals surface area (Å²) in [6.07, 6.45) is 1.00. The number of H-pyrrole nitrogens is 1. The number of aromatic amines is 1. The van der Waals surface area contributed by atoms with Gasteiger partial charge in [-0.3, -0.25) is 0 Å². The molecule has 2 aromatic rings. The summed E-state index contributed by atoms with van der Waals surface area (Å²) in [6, 6.07) is 8.70. The molecule has 1 heterocycles. The molecular formula is C12H16BrN5. The summed E-state index contributed by atoms with van der Waals surface area (Å²) in [7, 11) is 0. The van der Waals surface area contributed by atoms with Crippen molar-refractivity contribution in [3.63, 3.8) is 0 Å². The van der Waals surface area contributed by atoms with Crippen LogP contribution in [-0.2, 0) is 0 Å². The van der Waals surface area contributed by atoms with E-state index in [4.69, 9.17) is 0 Å². The molecule has 2 rings (SSSR count). The van der Waals surface area contributed by atoms with Crippen molar-refractivity contribution >= 4 is 15.9 Å². The van der Waals surface area contributed by atoms with E-state index >= 15 is 0 Å². The van der Waals surface area contributed by atoms with Gasteiger partial charge in [-0.2, -0.15) is 5.21 Å². The van der Waals surface area contributed by atoms with Gasteiger partial charge in [0.2, 0.25) is 0 Å². The minimum Gasteiger partial charge on any atom is -0.300 e. The minimum atomic E-state index is 0.0670. The number of nitrogens with one attached hydrogen (secondary N) is 2. The predicted molar refractivity (Wildman–Crippen MR) is 72.9 cm³/mol. The van der Waals surface area contributed by atoms with Crippen LogP contribution in [0, 0.1) is 0 Å². The maximum absolute atomic E-state index is 3.99. The van der Waals surface area contributed by atoms with Crippen LogP contribution in [0.2, 0.25) is 0 Å². The van der Waals surface area contributed by atoms with E-state index in [9.17, 15) is 0 Å². The van der Waals surface area contributed by atoms with E-state index in [2.05, 4.69) is 73.1 Å². The van der Waals surface area contributed by atoms with Crippen molar-refractivity contribution in [3.8, 4) is 0 Å². The first-order valence-corrected chi connectivity index (χ1v) is 6.75. The van der Waals surface area contributed by atoms with E-state index in [1.54, 1.807) is 0 Å². The Kier molecular flexibility index (Phi) is 4.43. The molecule has 6 heteroatoms. The molecule has 0 aliphatic heterocycles. The first-order chi connectivity index (χ1) is 8.70. The Hall–Kier alpha value is -1.27. The van der Waals surface area contributed by atoms with Gasteiger partial charge in [-0.25, -0.2) is 0 Å². The average Bonchev–Trinajstić information content (AvgIpc) is 2.91. The number of hydrogen-bond donors (Lipinski definition) is 2. The molecule has 5 nitrogen and oxygen atoms in total. The van der Waals surface area contributed by atoms with Crippen LogP contribution < -0.4 is 5.32 Å². The molecule has 0 amide bonds. The van der Waals surface area contributed by atoms with Gasteiger partial charge in [-0.15, -0.1) is 10.2 Å². The molecule has 2 atom stereocenters. The molecule has 2 N–H and O–H groups in total. The monoisotopic (exact) mass is 309 g/mol. The molecule has 1 aromatic heterocycles. The standard InChI is InChI=1S/C12H16BrN5/c1-3-11(9-4-6-10(13)7-5-9)14-8(2)12-15-17-18-16-12/h4-8,11,14H,3H2,1-2H3,(H,15,16,17,18). The fraction of sp³-hybridized carbons (Fsp3) is 0.417. The van der Waals surface area contributed by atoms with Crippen molar-refractivity contribution in [1.82, 2.24) is 25.9 Å². The Morgan fingerprint density at radius 1 is 1.33 bits per heavy atom. The quantitative estimate of drug-likeness (QED) is 0.891. The molecule has 0 fully saturated rings. The molecular weight excluding hydrogens is 294 g/mol. The third kappa shape index (κ3) is 3.14. The second-order valence-corrected chi connectivity index (χ2v) is 5.09. The lowest BCUT2D eigenvalue weighted by Crippen LogP contribution is -2.25. The highest BCUT2D eigenvalue weighted by Gasteiger charge is 2.16. The van der Waals surface area contributed by atoms with Crippen LogP contribution in [0.1, 0.15) is 43.7 Å². The summed E-state index contributed by atoms with van der Waals surface area (Å²) in [5, 5.41) is 17.5. The molecule has 0 aliphatic carbocycles. The molecule has 0 radical (unpaired) electrons. The van der Waals surface area contributed by atoms with Crippen LogP contribution in [0.5, 0.6) is 0 Å². The maximum atomic E-state index is 3.99. The lowest BCUT2D eigenvalue weighted by atomic mass is 10.0. The van der Waals surface area contributed by atoms with Crippen LogP contribution in [-0.4, -0.2) is 20.6 Å². The molecule has 1 aromatic carbocycles. The SMILES string of the molecule is CCC(NC(C)c1nn[nH]n1)c1ccc(Br)cc1. The Balaban J connectivity index is 2.07. The van der Waals surface area contributed by atoms with Crippen molar-refractivity contribution in [3.05, 3.63) is 40.1 Å². The van der Waals surface area contributed by atoms with Gasteiger partial charge in [0.15, 0.2) is 5.82 Å². The van der Waals surface area contributed by atoms with Crippen molar-refractivity contribution in [1.29, 1.82) is 0 Å². The fourth-order valence-corrected chi connectivity index (χ4v) is 2.14. The number of rotatable bonds is 5. The number of hydrogen-bond acceptors (Lipinski definition) is 4. The molecule has 96 valence electrons. The second kappa shape index (κ2) is 6.06. The van der Waals surface area contributed by atoms with Gasteiger partial charge in [-0.05, 0) is 31.0 Å². The van der Waals surface area contributed by atoms with Crippen molar-refractivity contribution < 1.29 is 0 Å². The normalized spacial score (nSPS) is 14.4. The van der Waals surface area contributed by atoms with Crippen LogP contribution >= 0.6 is 15.9 Å². The fourth-order valence-electron chi connectivity index (χ4n) is 1.87. The highest BCUT2D eigenvalue weighted by Crippen LogP contribution is 2.22. The number of halogens is 1. The molecule has 0 spiro atoms. The number of nitrogens with zero attached hydrogens (tertiary/aromatic N) is 3. The summed E-state index contributed by atoms with van der Waals surface area (Å²) < 4.78 is 1.09. The van der Waals surface area contributed by atoms with Gasteiger partial charge in [-0.1, -0.05) is 40.2 Å². The highest BCUT2D eigenvalue weighted by atomic mass is 79.9. The van der Waals surface area contributed by atoms with Crippen LogP contribution in [0.25, 0.3) is 0 Å². The van der Waals surface area contributed by atoms with E-state index in [0.29, 0.717) is 5.82 Å². The topological polar surface area (TPSA) is 66.5 Å². The second-order valence-electron chi connectivity index (χ2n) is 4.17. The summed E-state index contributed by atoms with van der Waals surface area (Å²) in [4.78, 5) is 0. The average molecular weight is 310 g/mol. The zero-order valence-electron chi connectivity index (χ0n) is 10.4. The molecule has 0 aliphatic rings. The zero-order valence-corrected chi connectivity index (χ0v) is 12.0. The van der Waals surface area contributed by atoms with E-state index < -0.39 is 0 Å². The third-order valence-corrected chi connectivity index (χ3v) is 3.41. The van der Waals surface area contributed by atoms with Crippen molar-refractivity contribution in [2.45, 2.75) is 32.4 Å². The Bertz CT molecular complexity index is 468.